The first kappa shape index (κ1) is 21.2. The fraction of sp³-hybridized carbons (Fsp3) is 0.250. The zero-order valence-corrected chi connectivity index (χ0v) is 17.3. The van der Waals surface area contributed by atoms with Gasteiger partial charge in [-0.25, -0.2) is 5.01 Å². The van der Waals surface area contributed by atoms with E-state index in [-0.39, 0.29) is 23.1 Å². The highest BCUT2D eigenvalue weighted by atomic mass is 32.1. The fourth-order valence-electron chi connectivity index (χ4n) is 2.97. The summed E-state index contributed by atoms with van der Waals surface area (Å²) in [5.74, 6) is -0.611. The van der Waals surface area contributed by atoms with Crippen LogP contribution >= 0.6 is 12.2 Å². The van der Waals surface area contributed by atoms with Crippen LogP contribution in [0.15, 0.2) is 48.7 Å². The van der Waals surface area contributed by atoms with Crippen molar-refractivity contribution in [1.29, 1.82) is 0 Å². The van der Waals surface area contributed by atoms with E-state index in [1.54, 1.807) is 56.5 Å². The normalized spacial score (nSPS) is 15.9. The van der Waals surface area contributed by atoms with E-state index in [4.69, 9.17) is 17.0 Å². The molecule has 156 valence electrons. The summed E-state index contributed by atoms with van der Waals surface area (Å²) in [5, 5.41) is 4.12. The van der Waals surface area contributed by atoms with Gasteiger partial charge in [-0.1, -0.05) is 6.07 Å². The van der Waals surface area contributed by atoms with Crippen LogP contribution in [0.4, 0.5) is 5.69 Å². The Morgan fingerprint density at radius 2 is 1.93 bits per heavy atom. The minimum absolute atomic E-state index is 0.133. The maximum absolute atomic E-state index is 12.8. The summed E-state index contributed by atoms with van der Waals surface area (Å²) in [6.07, 6.45) is 1.30. The lowest BCUT2D eigenvalue weighted by molar-refractivity contribution is -0.130. The van der Waals surface area contributed by atoms with Crippen molar-refractivity contribution in [1.82, 2.24) is 20.3 Å². The molecule has 0 aliphatic carbocycles. The first-order chi connectivity index (χ1) is 14.4. The Bertz CT molecular complexity index is 951. The van der Waals surface area contributed by atoms with Gasteiger partial charge in [0.1, 0.15) is 17.5 Å². The van der Waals surface area contributed by atoms with Gasteiger partial charge in [0.15, 0.2) is 5.11 Å². The molecule has 0 saturated carbocycles. The highest BCUT2D eigenvalue weighted by molar-refractivity contribution is 7.80. The van der Waals surface area contributed by atoms with E-state index in [1.807, 2.05) is 0 Å². The van der Waals surface area contributed by atoms with E-state index in [2.05, 4.69) is 15.7 Å². The molecule has 30 heavy (non-hydrogen) atoms. The second kappa shape index (κ2) is 9.31. The molecule has 2 aromatic rings. The van der Waals surface area contributed by atoms with Crippen LogP contribution in [-0.4, -0.2) is 57.4 Å². The SMILES string of the molecule is CCN1C(=O)C(CC(=O)Nc2ccc(OC)cc2)N(NC(=O)c2ccccn2)C1=S. The topological polar surface area (TPSA) is 104 Å². The van der Waals surface area contributed by atoms with Crippen molar-refractivity contribution in [3.63, 3.8) is 0 Å². The molecule has 1 aromatic carbocycles. The lowest BCUT2D eigenvalue weighted by Gasteiger charge is -2.24. The highest BCUT2D eigenvalue weighted by Crippen LogP contribution is 2.20. The third kappa shape index (κ3) is 4.54. The summed E-state index contributed by atoms with van der Waals surface area (Å²) >= 11 is 5.34. The van der Waals surface area contributed by atoms with Gasteiger partial charge in [-0.2, -0.15) is 0 Å². The molecule has 3 amide bonds. The average molecular weight is 427 g/mol. The molecular weight excluding hydrogens is 406 g/mol. The van der Waals surface area contributed by atoms with Crippen molar-refractivity contribution in [3.8, 4) is 5.75 Å². The summed E-state index contributed by atoms with van der Waals surface area (Å²) in [6.45, 7) is 2.09. The summed E-state index contributed by atoms with van der Waals surface area (Å²) in [6, 6.07) is 10.8. The van der Waals surface area contributed by atoms with Gasteiger partial charge in [0.25, 0.3) is 11.8 Å². The maximum Gasteiger partial charge on any atom is 0.288 e. The molecule has 3 rings (SSSR count). The van der Waals surface area contributed by atoms with Crippen molar-refractivity contribution >= 4 is 40.7 Å². The monoisotopic (exact) mass is 427 g/mol. The van der Waals surface area contributed by atoms with Crippen molar-refractivity contribution in [3.05, 3.63) is 54.4 Å². The van der Waals surface area contributed by atoms with Gasteiger partial charge in [0.2, 0.25) is 5.91 Å². The number of aromatic nitrogens is 1. The Kier molecular flexibility index (Phi) is 6.58. The molecule has 0 spiro atoms. The molecule has 1 aliphatic rings. The predicted octanol–water partition coefficient (Wildman–Crippen LogP) is 1.58. The van der Waals surface area contributed by atoms with Crippen molar-refractivity contribution in [2.45, 2.75) is 19.4 Å². The van der Waals surface area contributed by atoms with E-state index in [9.17, 15) is 14.4 Å². The van der Waals surface area contributed by atoms with Crippen molar-refractivity contribution in [2.24, 2.45) is 0 Å². The summed E-state index contributed by atoms with van der Waals surface area (Å²) in [4.78, 5) is 43.2. The molecule has 1 aromatic heterocycles. The van der Waals surface area contributed by atoms with E-state index in [0.29, 0.717) is 18.0 Å². The van der Waals surface area contributed by atoms with Crippen LogP contribution in [0.2, 0.25) is 0 Å². The molecule has 9 nitrogen and oxygen atoms in total. The number of nitrogens with one attached hydrogen (secondary N) is 2. The standard InChI is InChI=1S/C20H21N5O4S/c1-3-24-19(28)16(12-17(26)22-13-7-9-14(29-2)10-8-13)25(20(24)30)23-18(27)15-6-4-5-11-21-15/h4-11,16H,3,12H2,1-2H3,(H,22,26)(H,23,27). The number of thiocarbonyl (C=S) groups is 1. The minimum atomic E-state index is -0.955. The van der Waals surface area contributed by atoms with Gasteiger partial charge in [-0.15, -0.1) is 0 Å². The molecule has 10 heteroatoms. The van der Waals surface area contributed by atoms with Crippen LogP contribution in [-0.2, 0) is 9.59 Å². The van der Waals surface area contributed by atoms with E-state index in [1.165, 1.54) is 16.1 Å². The van der Waals surface area contributed by atoms with E-state index < -0.39 is 17.9 Å². The number of likely N-dealkylation sites (N-methyl/N-ethyl adjacent to an activating group) is 1. The number of carbonyl (C=O) groups is 3. The van der Waals surface area contributed by atoms with Gasteiger partial charge < -0.3 is 10.1 Å². The first-order valence-electron chi connectivity index (χ1n) is 9.25. The summed E-state index contributed by atoms with van der Waals surface area (Å²) in [7, 11) is 1.55. The number of carbonyl (C=O) groups excluding carboxylic acids is 3. The van der Waals surface area contributed by atoms with Gasteiger partial charge in [0.05, 0.1) is 13.5 Å². The predicted molar refractivity (Wildman–Crippen MR) is 114 cm³/mol. The molecule has 2 heterocycles. The number of hydrogen-bond donors (Lipinski definition) is 2. The lowest BCUT2D eigenvalue weighted by Crippen LogP contribution is -2.49. The number of hydrogen-bond acceptors (Lipinski definition) is 6. The molecule has 1 atom stereocenters. The number of ether oxygens (including phenoxy) is 1. The fourth-order valence-corrected chi connectivity index (χ4v) is 3.36. The highest BCUT2D eigenvalue weighted by Gasteiger charge is 2.44. The lowest BCUT2D eigenvalue weighted by atomic mass is 10.2. The molecule has 1 saturated heterocycles. The molecule has 1 aliphatic heterocycles. The third-order valence-corrected chi connectivity index (χ3v) is 4.91. The number of hydrazine groups is 1. The van der Waals surface area contributed by atoms with Crippen LogP contribution in [0.5, 0.6) is 5.75 Å². The Labute approximate surface area is 179 Å². The molecule has 0 bridgehead atoms. The number of benzene rings is 1. The van der Waals surface area contributed by atoms with Crippen LogP contribution < -0.4 is 15.5 Å². The molecular formula is C20H21N5O4S. The number of pyridine rings is 1. The summed E-state index contributed by atoms with van der Waals surface area (Å²) in [5.41, 5.74) is 3.34. The Hall–Kier alpha value is -3.53. The number of amides is 3. The van der Waals surface area contributed by atoms with Gasteiger partial charge in [0, 0.05) is 18.4 Å². The molecule has 0 radical (unpaired) electrons. The largest absolute Gasteiger partial charge is 0.497 e. The van der Waals surface area contributed by atoms with Crippen LogP contribution in [0, 0.1) is 0 Å². The van der Waals surface area contributed by atoms with E-state index >= 15 is 0 Å². The number of nitrogens with zero attached hydrogens (tertiary/aromatic N) is 3. The average Bonchev–Trinajstić information content (AvgIpc) is 2.98. The zero-order chi connectivity index (χ0) is 21.7. The van der Waals surface area contributed by atoms with Crippen LogP contribution in [0.25, 0.3) is 0 Å². The van der Waals surface area contributed by atoms with Gasteiger partial charge in [-0.05, 0) is 55.5 Å². The Morgan fingerprint density at radius 3 is 2.53 bits per heavy atom. The second-order valence-electron chi connectivity index (χ2n) is 6.39. The quantitative estimate of drug-likeness (QED) is 0.647. The van der Waals surface area contributed by atoms with Crippen molar-refractivity contribution in [2.75, 3.05) is 19.0 Å². The number of methoxy groups -OCH3 is 1. The number of anilines is 1. The molecule has 1 fully saturated rings. The third-order valence-electron chi connectivity index (χ3n) is 4.49. The van der Waals surface area contributed by atoms with Gasteiger partial charge in [-0.3, -0.25) is 29.7 Å². The first-order valence-corrected chi connectivity index (χ1v) is 9.66. The molecule has 1 unspecified atom stereocenters. The van der Waals surface area contributed by atoms with Crippen LogP contribution in [0.3, 0.4) is 0 Å². The Balaban J connectivity index is 1.73. The maximum atomic E-state index is 12.8. The zero-order valence-electron chi connectivity index (χ0n) is 16.5. The second-order valence-corrected chi connectivity index (χ2v) is 6.75. The van der Waals surface area contributed by atoms with Gasteiger partial charge >= 0.3 is 0 Å². The summed E-state index contributed by atoms with van der Waals surface area (Å²) < 4.78 is 5.09. The van der Waals surface area contributed by atoms with Crippen molar-refractivity contribution < 1.29 is 19.1 Å². The minimum Gasteiger partial charge on any atom is -0.497 e. The van der Waals surface area contributed by atoms with E-state index in [0.717, 1.165) is 0 Å². The Morgan fingerprint density at radius 1 is 1.20 bits per heavy atom. The smallest absolute Gasteiger partial charge is 0.288 e. The van der Waals surface area contributed by atoms with Crippen LogP contribution in [0.1, 0.15) is 23.8 Å². The molecule has 2 N–H and O–H groups in total. The number of rotatable bonds is 7.